The summed E-state index contributed by atoms with van der Waals surface area (Å²) < 4.78 is 4.98. The maximum atomic E-state index is 11.9. The largest absolute Gasteiger partial charge is 0.343 e. The topological polar surface area (TPSA) is 68.0 Å². The fraction of sp³-hybridized carbons (Fsp3) is 0.0714. The average Bonchev–Trinajstić information content (AvgIpc) is 3.17. The summed E-state index contributed by atoms with van der Waals surface area (Å²) in [6.07, 6.45) is 0. The molecule has 0 aliphatic rings. The van der Waals surface area contributed by atoms with Gasteiger partial charge in [0.1, 0.15) is 0 Å². The Hall–Kier alpha value is -2.18. The van der Waals surface area contributed by atoms with Gasteiger partial charge in [-0.15, -0.1) is 11.3 Å². The number of halogens is 1. The Bertz CT molecular complexity index is 738. The predicted octanol–water partition coefficient (Wildman–Crippen LogP) is 3.38. The lowest BCUT2D eigenvalue weighted by atomic mass is 10.2. The molecule has 3 rings (SSSR count). The van der Waals surface area contributed by atoms with Crippen molar-refractivity contribution < 1.29 is 9.32 Å². The van der Waals surface area contributed by atoms with Crippen molar-refractivity contribution >= 4 is 28.8 Å². The van der Waals surface area contributed by atoms with Crippen molar-refractivity contribution in [3.8, 4) is 11.4 Å². The van der Waals surface area contributed by atoms with E-state index in [2.05, 4.69) is 15.5 Å². The summed E-state index contributed by atoms with van der Waals surface area (Å²) in [5.74, 6) is -0.0967. The summed E-state index contributed by atoms with van der Waals surface area (Å²) in [5, 5.41) is 9.10. The molecule has 1 aromatic carbocycles. The second-order valence-electron chi connectivity index (χ2n) is 4.19. The van der Waals surface area contributed by atoms with Crippen LogP contribution in [-0.4, -0.2) is 16.0 Å². The zero-order chi connectivity index (χ0) is 14.7. The normalized spacial score (nSPS) is 10.5. The first-order chi connectivity index (χ1) is 10.2. The highest BCUT2D eigenvalue weighted by molar-refractivity contribution is 7.09. The second kappa shape index (κ2) is 6.07. The van der Waals surface area contributed by atoms with Crippen molar-refractivity contribution in [2.45, 2.75) is 6.54 Å². The highest BCUT2D eigenvalue weighted by Gasteiger charge is 2.15. The molecule has 2 aromatic heterocycles. The van der Waals surface area contributed by atoms with Gasteiger partial charge in [-0.05, 0) is 35.7 Å². The minimum atomic E-state index is -0.392. The fourth-order valence-electron chi connectivity index (χ4n) is 1.69. The van der Waals surface area contributed by atoms with Crippen LogP contribution in [0, 0.1) is 0 Å². The lowest BCUT2D eigenvalue weighted by molar-refractivity contribution is 0.0907. The van der Waals surface area contributed by atoms with E-state index in [1.165, 1.54) is 0 Å². The number of thiophene rings is 1. The molecule has 0 atom stereocenters. The molecule has 0 bridgehead atoms. The van der Waals surface area contributed by atoms with Crippen molar-refractivity contribution in [3.63, 3.8) is 0 Å². The van der Waals surface area contributed by atoms with E-state index in [0.29, 0.717) is 17.4 Å². The van der Waals surface area contributed by atoms with Gasteiger partial charge in [-0.2, -0.15) is 4.98 Å². The van der Waals surface area contributed by atoms with Crippen molar-refractivity contribution in [1.82, 2.24) is 15.5 Å². The van der Waals surface area contributed by atoms with E-state index >= 15 is 0 Å². The first-order valence-corrected chi connectivity index (χ1v) is 7.38. The van der Waals surface area contributed by atoms with Crippen LogP contribution in [-0.2, 0) is 6.54 Å². The van der Waals surface area contributed by atoms with Crippen LogP contribution in [0.15, 0.2) is 46.3 Å². The maximum absolute atomic E-state index is 11.9. The van der Waals surface area contributed by atoms with Gasteiger partial charge in [-0.1, -0.05) is 22.8 Å². The first kappa shape index (κ1) is 13.8. The molecule has 5 nitrogen and oxygen atoms in total. The van der Waals surface area contributed by atoms with E-state index in [1.807, 2.05) is 17.5 Å². The lowest BCUT2D eigenvalue weighted by Crippen LogP contribution is -2.22. The van der Waals surface area contributed by atoms with Gasteiger partial charge in [0.15, 0.2) is 0 Å². The van der Waals surface area contributed by atoms with E-state index in [4.69, 9.17) is 16.1 Å². The second-order valence-corrected chi connectivity index (χ2v) is 5.66. The maximum Gasteiger partial charge on any atom is 0.316 e. The number of nitrogens with one attached hydrogen (secondary N) is 1. The molecule has 0 aliphatic carbocycles. The van der Waals surface area contributed by atoms with E-state index < -0.39 is 5.91 Å². The number of rotatable bonds is 4. The summed E-state index contributed by atoms with van der Waals surface area (Å²) in [4.78, 5) is 17.1. The highest BCUT2D eigenvalue weighted by Crippen LogP contribution is 2.18. The summed E-state index contributed by atoms with van der Waals surface area (Å²) in [6, 6.07) is 10.9. The van der Waals surface area contributed by atoms with Crippen LogP contribution in [0.3, 0.4) is 0 Å². The number of benzene rings is 1. The van der Waals surface area contributed by atoms with Crippen LogP contribution in [0.5, 0.6) is 0 Å². The Morgan fingerprint density at radius 1 is 1.29 bits per heavy atom. The zero-order valence-electron chi connectivity index (χ0n) is 10.7. The zero-order valence-corrected chi connectivity index (χ0v) is 12.3. The van der Waals surface area contributed by atoms with Gasteiger partial charge in [0.2, 0.25) is 5.82 Å². The number of carbonyl (C=O) groups excluding carboxylic acids is 1. The number of nitrogens with zero attached hydrogens (tertiary/aromatic N) is 2. The van der Waals surface area contributed by atoms with Crippen LogP contribution in [0.2, 0.25) is 5.02 Å². The van der Waals surface area contributed by atoms with Gasteiger partial charge in [0.05, 0.1) is 6.54 Å². The Morgan fingerprint density at radius 3 is 2.81 bits per heavy atom. The molecule has 0 aliphatic heterocycles. The van der Waals surface area contributed by atoms with Crippen molar-refractivity contribution in [2.24, 2.45) is 0 Å². The number of carbonyl (C=O) groups is 1. The third-order valence-electron chi connectivity index (χ3n) is 2.73. The standard InChI is InChI=1S/C14H10ClN3O2S/c15-10-5-3-9(4-6-10)12-17-14(20-18-12)13(19)16-8-11-2-1-7-21-11/h1-7H,8H2,(H,16,19). The molecule has 0 radical (unpaired) electrons. The van der Waals surface area contributed by atoms with Crippen LogP contribution >= 0.6 is 22.9 Å². The van der Waals surface area contributed by atoms with Crippen LogP contribution in [0.1, 0.15) is 15.6 Å². The molecule has 0 spiro atoms. The van der Waals surface area contributed by atoms with Crippen LogP contribution in [0.25, 0.3) is 11.4 Å². The minimum absolute atomic E-state index is 0.0588. The average molecular weight is 320 g/mol. The van der Waals surface area contributed by atoms with Gasteiger partial charge in [-0.25, -0.2) is 0 Å². The molecule has 2 heterocycles. The van der Waals surface area contributed by atoms with Gasteiger partial charge < -0.3 is 9.84 Å². The van der Waals surface area contributed by atoms with E-state index in [-0.39, 0.29) is 5.89 Å². The number of aromatic nitrogens is 2. The summed E-state index contributed by atoms with van der Waals surface area (Å²) in [5.41, 5.74) is 0.737. The third kappa shape index (κ3) is 3.29. The van der Waals surface area contributed by atoms with Crippen LogP contribution < -0.4 is 5.32 Å². The fourth-order valence-corrected chi connectivity index (χ4v) is 2.46. The van der Waals surface area contributed by atoms with Gasteiger partial charge in [0.25, 0.3) is 0 Å². The Morgan fingerprint density at radius 2 is 2.10 bits per heavy atom. The Kier molecular flexibility index (Phi) is 3.98. The number of hydrogen-bond acceptors (Lipinski definition) is 5. The summed E-state index contributed by atoms with van der Waals surface area (Å²) in [7, 11) is 0. The number of amides is 1. The van der Waals surface area contributed by atoms with Crippen molar-refractivity contribution in [2.75, 3.05) is 0 Å². The number of hydrogen-bond donors (Lipinski definition) is 1. The molecular weight excluding hydrogens is 310 g/mol. The van der Waals surface area contributed by atoms with Crippen molar-refractivity contribution in [1.29, 1.82) is 0 Å². The van der Waals surface area contributed by atoms with E-state index in [1.54, 1.807) is 35.6 Å². The molecule has 7 heteroatoms. The Labute approximate surface area is 129 Å². The molecule has 21 heavy (non-hydrogen) atoms. The summed E-state index contributed by atoms with van der Waals surface area (Å²) >= 11 is 7.39. The lowest BCUT2D eigenvalue weighted by Gasteiger charge is -1.98. The van der Waals surface area contributed by atoms with Crippen LogP contribution in [0.4, 0.5) is 0 Å². The molecule has 106 valence electrons. The molecule has 0 saturated carbocycles. The monoisotopic (exact) mass is 319 g/mol. The molecule has 3 aromatic rings. The molecule has 1 amide bonds. The molecule has 0 fully saturated rings. The van der Waals surface area contributed by atoms with Crippen molar-refractivity contribution in [3.05, 3.63) is 57.6 Å². The highest BCUT2D eigenvalue weighted by atomic mass is 35.5. The molecular formula is C14H10ClN3O2S. The Balaban J connectivity index is 1.69. The SMILES string of the molecule is O=C(NCc1cccs1)c1nc(-c2ccc(Cl)cc2)no1. The first-order valence-electron chi connectivity index (χ1n) is 6.12. The summed E-state index contributed by atoms with van der Waals surface area (Å²) in [6.45, 7) is 0.440. The van der Waals surface area contributed by atoms with Gasteiger partial charge in [-0.3, -0.25) is 4.79 Å². The smallest absolute Gasteiger partial charge is 0.316 e. The van der Waals surface area contributed by atoms with Gasteiger partial charge in [0, 0.05) is 15.5 Å². The predicted molar refractivity (Wildman–Crippen MR) is 80.2 cm³/mol. The molecule has 1 N–H and O–H groups in total. The van der Waals surface area contributed by atoms with E-state index in [9.17, 15) is 4.79 Å². The third-order valence-corrected chi connectivity index (χ3v) is 3.85. The van der Waals surface area contributed by atoms with Gasteiger partial charge >= 0.3 is 11.8 Å². The van der Waals surface area contributed by atoms with E-state index in [0.717, 1.165) is 10.4 Å². The molecule has 0 saturated heterocycles. The molecule has 0 unspecified atom stereocenters. The minimum Gasteiger partial charge on any atom is -0.343 e. The quantitative estimate of drug-likeness (QED) is 0.800.